The summed E-state index contributed by atoms with van der Waals surface area (Å²) in [5.41, 5.74) is 0. The molecule has 6 heteroatoms. The number of hydrogen-bond donors (Lipinski definition) is 2. The van der Waals surface area contributed by atoms with Crippen molar-refractivity contribution in [1.82, 2.24) is 4.90 Å². The first-order chi connectivity index (χ1) is 5.85. The van der Waals surface area contributed by atoms with E-state index < -0.39 is 13.9 Å². The molecule has 0 aliphatic heterocycles. The smallest absolute Gasteiger partial charge is 0.307 e. The van der Waals surface area contributed by atoms with Gasteiger partial charge in [-0.15, -0.1) is 6.58 Å². The van der Waals surface area contributed by atoms with Crippen LogP contribution in [0, 0.1) is 0 Å². The summed E-state index contributed by atoms with van der Waals surface area (Å²) in [5, 5.41) is 0. The van der Waals surface area contributed by atoms with Crippen LogP contribution in [-0.4, -0.2) is 41.4 Å². The van der Waals surface area contributed by atoms with Crippen LogP contribution in [0.25, 0.3) is 0 Å². The van der Waals surface area contributed by atoms with Crippen LogP contribution in [-0.2, 0) is 9.09 Å². The van der Waals surface area contributed by atoms with E-state index in [1.165, 1.54) is 0 Å². The molecule has 1 atom stereocenters. The molecule has 0 aliphatic rings. The molecule has 0 bridgehead atoms. The van der Waals surface area contributed by atoms with Gasteiger partial charge in [-0.1, -0.05) is 6.08 Å². The first kappa shape index (κ1) is 12.8. The SMILES string of the molecule is C=CCC(CN(C)C)OP(=O)(O)O. The number of phosphoric ester groups is 1. The highest BCUT2D eigenvalue weighted by atomic mass is 31.2. The second-order valence-corrected chi connectivity index (χ2v) is 4.20. The van der Waals surface area contributed by atoms with Crippen molar-refractivity contribution in [3.05, 3.63) is 12.7 Å². The Hall–Kier alpha value is -0.190. The topological polar surface area (TPSA) is 70.0 Å². The molecular formula is C7H16NO4P. The molecule has 0 saturated heterocycles. The predicted molar refractivity (Wildman–Crippen MR) is 50.3 cm³/mol. The second kappa shape index (κ2) is 5.52. The zero-order valence-electron chi connectivity index (χ0n) is 7.88. The van der Waals surface area contributed by atoms with Gasteiger partial charge in [0, 0.05) is 6.54 Å². The van der Waals surface area contributed by atoms with Crippen LogP contribution in [0.2, 0.25) is 0 Å². The Labute approximate surface area is 78.3 Å². The van der Waals surface area contributed by atoms with Gasteiger partial charge in [-0.25, -0.2) is 4.57 Å². The highest BCUT2D eigenvalue weighted by molar-refractivity contribution is 7.46. The van der Waals surface area contributed by atoms with Gasteiger partial charge in [0.25, 0.3) is 0 Å². The van der Waals surface area contributed by atoms with E-state index in [4.69, 9.17) is 9.79 Å². The van der Waals surface area contributed by atoms with E-state index in [1.54, 1.807) is 25.1 Å². The van der Waals surface area contributed by atoms with Crippen molar-refractivity contribution in [3.8, 4) is 0 Å². The molecule has 0 spiro atoms. The highest BCUT2D eigenvalue weighted by Gasteiger charge is 2.21. The summed E-state index contributed by atoms with van der Waals surface area (Å²) < 4.78 is 15.1. The van der Waals surface area contributed by atoms with Crippen molar-refractivity contribution < 1.29 is 18.9 Å². The Morgan fingerprint density at radius 3 is 2.46 bits per heavy atom. The molecule has 13 heavy (non-hydrogen) atoms. The van der Waals surface area contributed by atoms with E-state index in [1.807, 2.05) is 0 Å². The third kappa shape index (κ3) is 8.15. The molecule has 0 rings (SSSR count). The molecule has 0 fully saturated rings. The molecule has 0 aliphatic carbocycles. The van der Waals surface area contributed by atoms with E-state index in [9.17, 15) is 4.57 Å². The van der Waals surface area contributed by atoms with E-state index in [-0.39, 0.29) is 0 Å². The number of nitrogens with zero attached hydrogens (tertiary/aromatic N) is 1. The maximum Gasteiger partial charge on any atom is 0.469 e. The molecule has 2 N–H and O–H groups in total. The van der Waals surface area contributed by atoms with Crippen molar-refractivity contribution in [2.45, 2.75) is 12.5 Å². The van der Waals surface area contributed by atoms with Crippen LogP contribution in [0.15, 0.2) is 12.7 Å². The van der Waals surface area contributed by atoms with Gasteiger partial charge in [0.05, 0.1) is 6.10 Å². The Balaban J connectivity index is 4.09. The molecular weight excluding hydrogens is 193 g/mol. The average Bonchev–Trinajstić information content (AvgIpc) is 1.81. The van der Waals surface area contributed by atoms with Gasteiger partial charge < -0.3 is 14.7 Å². The lowest BCUT2D eigenvalue weighted by Crippen LogP contribution is -2.27. The van der Waals surface area contributed by atoms with Gasteiger partial charge in [0.15, 0.2) is 0 Å². The quantitative estimate of drug-likeness (QED) is 0.495. The molecule has 0 aromatic heterocycles. The van der Waals surface area contributed by atoms with Gasteiger partial charge in [-0.2, -0.15) is 0 Å². The number of phosphoric acid groups is 1. The third-order valence-corrected chi connectivity index (χ3v) is 1.86. The second-order valence-electron chi connectivity index (χ2n) is 3.00. The molecule has 0 saturated carbocycles. The molecule has 0 aromatic carbocycles. The summed E-state index contributed by atoms with van der Waals surface area (Å²) >= 11 is 0. The van der Waals surface area contributed by atoms with Crippen LogP contribution in [0.3, 0.4) is 0 Å². The Kier molecular flexibility index (Phi) is 5.44. The van der Waals surface area contributed by atoms with Crippen LogP contribution in [0.1, 0.15) is 6.42 Å². The molecule has 1 unspecified atom stereocenters. The maximum atomic E-state index is 10.5. The summed E-state index contributed by atoms with van der Waals surface area (Å²) in [6.07, 6.45) is 1.49. The first-order valence-corrected chi connectivity index (χ1v) is 5.37. The van der Waals surface area contributed by atoms with E-state index in [2.05, 4.69) is 11.1 Å². The Morgan fingerprint density at radius 2 is 2.15 bits per heavy atom. The first-order valence-electron chi connectivity index (χ1n) is 3.84. The Morgan fingerprint density at radius 1 is 1.62 bits per heavy atom. The molecule has 0 radical (unpaired) electrons. The summed E-state index contributed by atoms with van der Waals surface area (Å²) in [7, 11) is -0.773. The van der Waals surface area contributed by atoms with Crippen molar-refractivity contribution in [3.63, 3.8) is 0 Å². The number of likely N-dealkylation sites (N-methyl/N-ethyl adjacent to an activating group) is 1. The summed E-state index contributed by atoms with van der Waals surface area (Å²) in [4.78, 5) is 18.9. The van der Waals surface area contributed by atoms with Crippen molar-refractivity contribution in [2.24, 2.45) is 0 Å². The van der Waals surface area contributed by atoms with Crippen molar-refractivity contribution >= 4 is 7.82 Å². The molecule has 5 nitrogen and oxygen atoms in total. The van der Waals surface area contributed by atoms with Gasteiger partial charge in [-0.3, -0.25) is 4.52 Å². The average molecular weight is 209 g/mol. The largest absolute Gasteiger partial charge is 0.469 e. The minimum Gasteiger partial charge on any atom is -0.307 e. The normalized spacial score (nSPS) is 14.5. The lowest BCUT2D eigenvalue weighted by molar-refractivity contribution is 0.112. The molecule has 78 valence electrons. The monoisotopic (exact) mass is 209 g/mol. The van der Waals surface area contributed by atoms with Crippen LogP contribution < -0.4 is 0 Å². The standard InChI is InChI=1S/C7H16NO4P/c1-4-5-7(6-8(2)3)12-13(9,10)11/h4,7H,1,5-6H2,2-3H3,(H2,9,10,11). The van der Waals surface area contributed by atoms with Crippen LogP contribution >= 0.6 is 7.82 Å². The van der Waals surface area contributed by atoms with Gasteiger partial charge >= 0.3 is 7.82 Å². The molecule has 0 aromatic rings. The fourth-order valence-corrected chi connectivity index (χ4v) is 1.48. The maximum absolute atomic E-state index is 10.5. The predicted octanol–water partition coefficient (Wildman–Crippen LogP) is 0.602. The van der Waals surface area contributed by atoms with E-state index in [0.717, 1.165) is 0 Å². The van der Waals surface area contributed by atoms with Crippen molar-refractivity contribution in [2.75, 3.05) is 20.6 Å². The summed E-state index contributed by atoms with van der Waals surface area (Å²) in [6.45, 7) is 3.94. The zero-order valence-corrected chi connectivity index (χ0v) is 8.78. The van der Waals surface area contributed by atoms with E-state index >= 15 is 0 Å². The van der Waals surface area contributed by atoms with Crippen LogP contribution in [0.4, 0.5) is 0 Å². The molecule has 0 amide bonds. The summed E-state index contributed by atoms with van der Waals surface area (Å²) in [6, 6.07) is 0. The summed E-state index contributed by atoms with van der Waals surface area (Å²) in [5.74, 6) is 0. The Bertz CT molecular complexity index is 201. The lowest BCUT2D eigenvalue weighted by atomic mass is 10.2. The van der Waals surface area contributed by atoms with Crippen LogP contribution in [0.5, 0.6) is 0 Å². The minimum absolute atomic E-state index is 0.420. The number of hydrogen-bond acceptors (Lipinski definition) is 3. The molecule has 0 heterocycles. The van der Waals surface area contributed by atoms with Gasteiger partial charge in [-0.05, 0) is 20.5 Å². The van der Waals surface area contributed by atoms with Gasteiger partial charge in [0.1, 0.15) is 0 Å². The number of rotatable bonds is 6. The minimum atomic E-state index is -4.38. The zero-order chi connectivity index (χ0) is 10.5. The lowest BCUT2D eigenvalue weighted by Gasteiger charge is -2.20. The third-order valence-electron chi connectivity index (χ3n) is 1.28. The van der Waals surface area contributed by atoms with Gasteiger partial charge in [0.2, 0.25) is 0 Å². The highest BCUT2D eigenvalue weighted by Crippen LogP contribution is 2.38. The van der Waals surface area contributed by atoms with Crippen molar-refractivity contribution in [1.29, 1.82) is 0 Å². The van der Waals surface area contributed by atoms with E-state index in [0.29, 0.717) is 13.0 Å². The fourth-order valence-electron chi connectivity index (χ4n) is 0.938. The fraction of sp³-hybridized carbons (Fsp3) is 0.714.